The number of nitrogens with one attached hydrogen (secondary N) is 1. The average molecular weight is 496 g/mol. The Hall–Kier alpha value is -1.84. The van der Waals surface area contributed by atoms with Crippen LogP contribution in [0.2, 0.25) is 10.0 Å². The third kappa shape index (κ3) is 5.90. The number of ether oxygens (including phenoxy) is 1. The summed E-state index contributed by atoms with van der Waals surface area (Å²) < 4.78 is 7.30. The van der Waals surface area contributed by atoms with Crippen molar-refractivity contribution in [1.82, 2.24) is 10.3 Å². The molecule has 2 aromatic carbocycles. The maximum Gasteiger partial charge on any atom is 0.230 e. The molecule has 0 radical (unpaired) electrons. The molecular formula is C21H19Cl2N3O3S2. The summed E-state index contributed by atoms with van der Waals surface area (Å²) in [5, 5.41) is 13.6. The lowest BCUT2D eigenvalue weighted by atomic mass is 10.2. The van der Waals surface area contributed by atoms with Crippen molar-refractivity contribution in [2.45, 2.75) is 23.3 Å². The third-order valence-electron chi connectivity index (χ3n) is 4.64. The fourth-order valence-electron chi connectivity index (χ4n) is 3.07. The molecule has 1 amide bonds. The van der Waals surface area contributed by atoms with Gasteiger partial charge < -0.3 is 15.2 Å². The van der Waals surface area contributed by atoms with Crippen LogP contribution in [0, 0.1) is 0 Å². The van der Waals surface area contributed by atoms with Crippen molar-refractivity contribution >= 4 is 74.3 Å². The van der Waals surface area contributed by atoms with Gasteiger partial charge in [0.25, 0.3) is 0 Å². The number of fused-ring (bicyclic) bond motifs is 1. The lowest BCUT2D eigenvalue weighted by Gasteiger charge is -2.09. The summed E-state index contributed by atoms with van der Waals surface area (Å²) in [4.78, 5) is 21.0. The van der Waals surface area contributed by atoms with Crippen LogP contribution in [0.25, 0.3) is 10.2 Å². The second-order valence-electron chi connectivity index (χ2n) is 6.94. The molecule has 1 aliphatic heterocycles. The number of nitrogens with zero attached hydrogens (tertiary/aromatic N) is 2. The van der Waals surface area contributed by atoms with E-state index in [1.54, 1.807) is 6.07 Å². The number of aromatic nitrogens is 1. The smallest absolute Gasteiger partial charge is 0.230 e. The van der Waals surface area contributed by atoms with Gasteiger partial charge in [0.15, 0.2) is 4.34 Å². The Labute approximate surface area is 197 Å². The van der Waals surface area contributed by atoms with Crippen LogP contribution >= 0.6 is 46.3 Å². The van der Waals surface area contributed by atoms with Gasteiger partial charge in [-0.2, -0.15) is 0 Å². The minimum atomic E-state index is -0.0647. The van der Waals surface area contributed by atoms with Crippen molar-refractivity contribution in [1.29, 1.82) is 0 Å². The first kappa shape index (κ1) is 22.4. The van der Waals surface area contributed by atoms with Gasteiger partial charge in [-0.3, -0.25) is 9.79 Å². The number of hydrogen-bond donors (Lipinski definition) is 2. The first-order valence-electron chi connectivity index (χ1n) is 9.62. The predicted molar refractivity (Wildman–Crippen MR) is 128 cm³/mol. The molecule has 0 saturated carbocycles. The number of phenolic OH excluding ortho intramolecular Hbond substituents is 1. The fourth-order valence-corrected chi connectivity index (χ4v) is 5.51. The van der Waals surface area contributed by atoms with E-state index in [2.05, 4.69) is 15.3 Å². The molecule has 2 heterocycles. The minimum Gasteiger partial charge on any atom is -0.506 e. The first-order chi connectivity index (χ1) is 15.0. The van der Waals surface area contributed by atoms with Crippen molar-refractivity contribution in [3.63, 3.8) is 0 Å². The van der Waals surface area contributed by atoms with Gasteiger partial charge >= 0.3 is 0 Å². The SMILES string of the molecule is O=C(CSc1nc2ccc(N=Cc3cc(Cl)cc(Cl)c3O)cc2s1)NC[C@@H]1CCCO1. The fraction of sp³-hybridized carbons (Fsp3) is 0.286. The van der Waals surface area contributed by atoms with E-state index in [1.165, 1.54) is 35.4 Å². The van der Waals surface area contributed by atoms with E-state index in [4.69, 9.17) is 27.9 Å². The van der Waals surface area contributed by atoms with Gasteiger partial charge in [0.05, 0.1) is 32.8 Å². The number of carbonyl (C=O) groups is 1. The number of hydrogen-bond acceptors (Lipinski definition) is 7. The number of thioether (sulfide) groups is 1. The van der Waals surface area contributed by atoms with Crippen molar-refractivity contribution in [3.05, 3.63) is 45.9 Å². The van der Waals surface area contributed by atoms with E-state index in [0.29, 0.717) is 28.6 Å². The van der Waals surface area contributed by atoms with Gasteiger partial charge in [0.2, 0.25) is 5.91 Å². The summed E-state index contributed by atoms with van der Waals surface area (Å²) in [7, 11) is 0. The van der Waals surface area contributed by atoms with Crippen LogP contribution in [-0.4, -0.2) is 47.2 Å². The molecule has 6 nitrogen and oxygen atoms in total. The van der Waals surface area contributed by atoms with Gasteiger partial charge in [-0.1, -0.05) is 35.0 Å². The van der Waals surface area contributed by atoms with E-state index in [9.17, 15) is 9.90 Å². The molecule has 31 heavy (non-hydrogen) atoms. The highest BCUT2D eigenvalue weighted by atomic mass is 35.5. The van der Waals surface area contributed by atoms with Crippen LogP contribution in [0.4, 0.5) is 5.69 Å². The Morgan fingerprint density at radius 2 is 2.26 bits per heavy atom. The van der Waals surface area contributed by atoms with Crippen LogP contribution < -0.4 is 5.32 Å². The molecule has 1 aromatic heterocycles. The van der Waals surface area contributed by atoms with Gasteiger partial charge in [-0.15, -0.1) is 11.3 Å². The van der Waals surface area contributed by atoms with Crippen LogP contribution in [0.5, 0.6) is 5.75 Å². The number of phenols is 1. The second-order valence-corrected chi connectivity index (χ2v) is 10.0. The lowest BCUT2D eigenvalue weighted by Crippen LogP contribution is -2.32. The highest BCUT2D eigenvalue weighted by molar-refractivity contribution is 8.01. The molecule has 2 N–H and O–H groups in total. The topological polar surface area (TPSA) is 83.8 Å². The standard InChI is InChI=1S/C21H19Cl2N3O3S2/c22-13-6-12(20(28)16(23)7-13)9-24-14-3-4-17-18(8-14)31-21(26-17)30-11-19(27)25-10-15-2-1-5-29-15/h3-4,6-9,15,28H,1-2,5,10-11H2,(H,25,27)/t15-/m0/s1. The number of aromatic hydroxyl groups is 1. The molecule has 1 saturated heterocycles. The summed E-state index contributed by atoms with van der Waals surface area (Å²) in [6.07, 6.45) is 3.71. The Bertz CT molecular complexity index is 1130. The van der Waals surface area contributed by atoms with Gasteiger partial charge in [-0.25, -0.2) is 4.98 Å². The van der Waals surface area contributed by atoms with Gasteiger partial charge in [0.1, 0.15) is 5.75 Å². The third-order valence-corrected chi connectivity index (χ3v) is 7.31. The predicted octanol–water partition coefficient (Wildman–Crippen LogP) is 5.45. The number of amides is 1. The zero-order valence-electron chi connectivity index (χ0n) is 16.3. The summed E-state index contributed by atoms with van der Waals surface area (Å²) in [6.45, 7) is 1.34. The number of halogens is 2. The molecule has 1 fully saturated rings. The van der Waals surface area contributed by atoms with Gasteiger partial charge in [-0.05, 0) is 43.2 Å². The van der Waals surface area contributed by atoms with Crippen molar-refractivity contribution in [3.8, 4) is 5.75 Å². The van der Waals surface area contributed by atoms with E-state index in [0.717, 1.165) is 34.0 Å². The maximum absolute atomic E-state index is 12.1. The quantitative estimate of drug-likeness (QED) is 0.336. The molecule has 0 aliphatic carbocycles. The number of aliphatic imine (C=N–C) groups is 1. The van der Waals surface area contributed by atoms with Crippen molar-refractivity contribution < 1.29 is 14.6 Å². The monoisotopic (exact) mass is 495 g/mol. The van der Waals surface area contributed by atoms with Crippen molar-refractivity contribution in [2.75, 3.05) is 18.9 Å². The zero-order chi connectivity index (χ0) is 21.8. The van der Waals surface area contributed by atoms with E-state index in [-0.39, 0.29) is 22.8 Å². The number of benzene rings is 2. The summed E-state index contributed by atoms with van der Waals surface area (Å²) in [5.41, 5.74) is 1.99. The van der Waals surface area contributed by atoms with Crippen LogP contribution in [0.1, 0.15) is 18.4 Å². The van der Waals surface area contributed by atoms with E-state index in [1.807, 2.05) is 18.2 Å². The molecular weight excluding hydrogens is 477 g/mol. The Morgan fingerprint density at radius 3 is 3.06 bits per heavy atom. The zero-order valence-corrected chi connectivity index (χ0v) is 19.5. The summed E-state index contributed by atoms with van der Waals surface area (Å²) in [6, 6.07) is 8.70. The Kier molecular flexibility index (Phi) is 7.35. The molecule has 162 valence electrons. The summed E-state index contributed by atoms with van der Waals surface area (Å²) in [5.74, 6) is 0.224. The van der Waals surface area contributed by atoms with E-state index >= 15 is 0 Å². The number of thiazole rings is 1. The molecule has 1 atom stereocenters. The Morgan fingerprint density at radius 1 is 1.39 bits per heavy atom. The molecule has 0 bridgehead atoms. The molecule has 0 spiro atoms. The maximum atomic E-state index is 12.1. The molecule has 10 heteroatoms. The van der Waals surface area contributed by atoms with Gasteiger partial charge in [0, 0.05) is 30.0 Å². The summed E-state index contributed by atoms with van der Waals surface area (Å²) >= 11 is 14.9. The van der Waals surface area contributed by atoms with Crippen LogP contribution in [-0.2, 0) is 9.53 Å². The second kappa shape index (κ2) is 10.2. The molecule has 4 rings (SSSR count). The van der Waals surface area contributed by atoms with Crippen LogP contribution in [0.3, 0.4) is 0 Å². The number of carbonyl (C=O) groups excluding carboxylic acids is 1. The van der Waals surface area contributed by atoms with Crippen molar-refractivity contribution in [2.24, 2.45) is 4.99 Å². The lowest BCUT2D eigenvalue weighted by molar-refractivity contribution is -0.119. The first-order valence-corrected chi connectivity index (χ1v) is 12.2. The molecule has 1 aliphatic rings. The van der Waals surface area contributed by atoms with Crippen LogP contribution in [0.15, 0.2) is 39.7 Å². The minimum absolute atomic E-state index is 0.0231. The highest BCUT2D eigenvalue weighted by Gasteiger charge is 2.16. The normalized spacial score (nSPS) is 16.4. The molecule has 0 unspecified atom stereocenters. The molecule has 3 aromatic rings. The average Bonchev–Trinajstić information content (AvgIpc) is 3.41. The largest absolute Gasteiger partial charge is 0.506 e. The number of rotatable bonds is 7. The Balaban J connectivity index is 1.38. The van der Waals surface area contributed by atoms with E-state index < -0.39 is 0 Å². The highest BCUT2D eigenvalue weighted by Crippen LogP contribution is 2.33.